The molecule has 2 atom stereocenters. The Bertz CT molecular complexity index is 962. The van der Waals surface area contributed by atoms with Crippen molar-refractivity contribution in [3.05, 3.63) is 59.7 Å². The Morgan fingerprint density at radius 3 is 2.44 bits per heavy atom. The predicted octanol–water partition coefficient (Wildman–Crippen LogP) is 3.94. The fourth-order valence-electron chi connectivity index (χ4n) is 4.80. The molecule has 2 amide bonds. The lowest BCUT2D eigenvalue weighted by Crippen LogP contribution is -2.49. The molecule has 2 saturated heterocycles. The highest BCUT2D eigenvalue weighted by Gasteiger charge is 2.29. The van der Waals surface area contributed by atoms with Gasteiger partial charge in [0.1, 0.15) is 5.75 Å². The Labute approximate surface area is 202 Å². The molecule has 34 heavy (non-hydrogen) atoms. The third-order valence-electron chi connectivity index (χ3n) is 6.66. The van der Waals surface area contributed by atoms with Gasteiger partial charge in [-0.25, -0.2) is 0 Å². The molecular formula is C27H35N3O4. The molecule has 4 rings (SSSR count). The zero-order valence-corrected chi connectivity index (χ0v) is 20.2. The van der Waals surface area contributed by atoms with Crippen molar-refractivity contribution >= 4 is 17.5 Å². The van der Waals surface area contributed by atoms with Crippen LogP contribution in [0.5, 0.6) is 5.75 Å². The number of piperidine rings is 1. The molecule has 1 N–H and O–H groups in total. The van der Waals surface area contributed by atoms with Crippen molar-refractivity contribution in [1.29, 1.82) is 0 Å². The first-order valence-electron chi connectivity index (χ1n) is 12.2. The van der Waals surface area contributed by atoms with E-state index in [0.29, 0.717) is 11.3 Å². The number of likely N-dealkylation sites (tertiary alicyclic amines) is 1. The van der Waals surface area contributed by atoms with Crippen LogP contribution in [0, 0.1) is 0 Å². The number of benzene rings is 2. The zero-order chi connectivity index (χ0) is 23.9. The summed E-state index contributed by atoms with van der Waals surface area (Å²) in [7, 11) is 0. The highest BCUT2D eigenvalue weighted by Crippen LogP contribution is 2.23. The second kappa shape index (κ2) is 11.5. The topological polar surface area (TPSA) is 71.1 Å². The van der Waals surface area contributed by atoms with Gasteiger partial charge in [0, 0.05) is 43.0 Å². The molecule has 2 aromatic rings. The molecule has 2 aliphatic heterocycles. The Balaban J connectivity index is 1.29. The number of carbonyl (C=O) groups excluding carboxylic acids is 2. The second-order valence-corrected chi connectivity index (χ2v) is 9.29. The van der Waals surface area contributed by atoms with Crippen LogP contribution in [0.4, 0.5) is 5.69 Å². The molecule has 0 spiro atoms. The molecule has 0 saturated carbocycles. The SMILES string of the molecule is CC1CCCC(C)N1C(=O)COc1ccc(C(=O)Nc2cccc(CN3CCOCC3)c2)cc1. The van der Waals surface area contributed by atoms with Gasteiger partial charge < -0.3 is 19.7 Å². The van der Waals surface area contributed by atoms with Crippen LogP contribution >= 0.6 is 0 Å². The number of hydrogen-bond donors (Lipinski definition) is 1. The van der Waals surface area contributed by atoms with E-state index >= 15 is 0 Å². The minimum atomic E-state index is -0.179. The van der Waals surface area contributed by atoms with Gasteiger partial charge in [-0.3, -0.25) is 14.5 Å². The van der Waals surface area contributed by atoms with Crippen LogP contribution in [0.2, 0.25) is 0 Å². The average molecular weight is 466 g/mol. The number of hydrogen-bond acceptors (Lipinski definition) is 5. The molecule has 7 heteroatoms. The van der Waals surface area contributed by atoms with Gasteiger partial charge in [-0.1, -0.05) is 12.1 Å². The summed E-state index contributed by atoms with van der Waals surface area (Å²) >= 11 is 0. The number of anilines is 1. The number of nitrogens with one attached hydrogen (secondary N) is 1. The molecule has 0 bridgehead atoms. The Morgan fingerprint density at radius 1 is 1.03 bits per heavy atom. The van der Waals surface area contributed by atoms with Crippen molar-refractivity contribution in [2.75, 3.05) is 38.2 Å². The fraction of sp³-hybridized carbons (Fsp3) is 0.481. The summed E-state index contributed by atoms with van der Waals surface area (Å²) in [5, 5.41) is 2.97. The average Bonchev–Trinajstić information content (AvgIpc) is 2.84. The van der Waals surface area contributed by atoms with Gasteiger partial charge in [-0.05, 0) is 75.1 Å². The van der Waals surface area contributed by atoms with Gasteiger partial charge in [0.2, 0.25) is 0 Å². The van der Waals surface area contributed by atoms with Crippen LogP contribution in [0.3, 0.4) is 0 Å². The lowest BCUT2D eigenvalue weighted by molar-refractivity contribution is -0.139. The molecule has 182 valence electrons. The number of amides is 2. The first-order chi connectivity index (χ1) is 16.5. The van der Waals surface area contributed by atoms with E-state index in [1.165, 1.54) is 0 Å². The van der Waals surface area contributed by atoms with Crippen LogP contribution in [-0.2, 0) is 16.1 Å². The Kier molecular flexibility index (Phi) is 8.19. The van der Waals surface area contributed by atoms with Crippen molar-refractivity contribution in [2.24, 2.45) is 0 Å². The minimum Gasteiger partial charge on any atom is -0.484 e. The highest BCUT2D eigenvalue weighted by atomic mass is 16.5. The van der Waals surface area contributed by atoms with Crippen molar-refractivity contribution in [1.82, 2.24) is 9.80 Å². The van der Waals surface area contributed by atoms with Crippen LogP contribution < -0.4 is 10.1 Å². The van der Waals surface area contributed by atoms with Gasteiger partial charge in [0.05, 0.1) is 13.2 Å². The smallest absolute Gasteiger partial charge is 0.260 e. The van der Waals surface area contributed by atoms with E-state index in [1.54, 1.807) is 24.3 Å². The van der Waals surface area contributed by atoms with Crippen molar-refractivity contribution in [3.63, 3.8) is 0 Å². The summed E-state index contributed by atoms with van der Waals surface area (Å²) in [6, 6.07) is 15.4. The highest BCUT2D eigenvalue weighted by molar-refractivity contribution is 6.04. The fourth-order valence-corrected chi connectivity index (χ4v) is 4.80. The maximum absolute atomic E-state index is 12.7. The molecule has 2 aromatic carbocycles. The number of rotatable bonds is 7. The normalized spacial score (nSPS) is 21.2. The number of morpholine rings is 1. The number of ether oxygens (including phenoxy) is 2. The number of carbonyl (C=O) groups is 2. The van der Waals surface area contributed by atoms with Crippen molar-refractivity contribution < 1.29 is 19.1 Å². The molecule has 2 unspecified atom stereocenters. The molecule has 7 nitrogen and oxygen atoms in total. The largest absolute Gasteiger partial charge is 0.484 e. The van der Waals surface area contributed by atoms with E-state index in [1.807, 2.05) is 23.1 Å². The molecule has 0 aromatic heterocycles. The quantitative estimate of drug-likeness (QED) is 0.671. The van der Waals surface area contributed by atoms with Crippen LogP contribution in [0.25, 0.3) is 0 Å². The minimum absolute atomic E-state index is 0.0101. The van der Waals surface area contributed by atoms with Gasteiger partial charge in [0.15, 0.2) is 6.61 Å². The van der Waals surface area contributed by atoms with E-state index in [4.69, 9.17) is 9.47 Å². The van der Waals surface area contributed by atoms with Crippen molar-refractivity contribution in [2.45, 2.75) is 51.7 Å². The molecule has 2 aliphatic rings. The number of nitrogens with zero attached hydrogens (tertiary/aromatic N) is 2. The molecule has 0 aliphatic carbocycles. The van der Waals surface area contributed by atoms with E-state index < -0.39 is 0 Å². The Morgan fingerprint density at radius 2 is 1.74 bits per heavy atom. The predicted molar refractivity (Wildman–Crippen MR) is 132 cm³/mol. The summed E-state index contributed by atoms with van der Waals surface area (Å²) in [6.07, 6.45) is 3.24. The first-order valence-corrected chi connectivity index (χ1v) is 12.2. The van der Waals surface area contributed by atoms with E-state index in [-0.39, 0.29) is 30.5 Å². The second-order valence-electron chi connectivity index (χ2n) is 9.29. The van der Waals surface area contributed by atoms with Crippen LogP contribution in [-0.4, -0.2) is 66.6 Å². The molecule has 2 fully saturated rings. The third-order valence-corrected chi connectivity index (χ3v) is 6.66. The summed E-state index contributed by atoms with van der Waals surface area (Å²) < 4.78 is 11.1. The molecule has 2 heterocycles. The lowest BCUT2D eigenvalue weighted by Gasteiger charge is -2.38. The summed E-state index contributed by atoms with van der Waals surface area (Å²) in [6.45, 7) is 8.42. The Hall–Kier alpha value is -2.90. The summed E-state index contributed by atoms with van der Waals surface area (Å²) in [4.78, 5) is 29.7. The van der Waals surface area contributed by atoms with Crippen LogP contribution in [0.15, 0.2) is 48.5 Å². The zero-order valence-electron chi connectivity index (χ0n) is 20.2. The maximum atomic E-state index is 12.7. The van der Waals surface area contributed by atoms with Gasteiger partial charge in [-0.2, -0.15) is 0 Å². The van der Waals surface area contributed by atoms with Crippen molar-refractivity contribution in [3.8, 4) is 5.75 Å². The van der Waals surface area contributed by atoms with E-state index in [9.17, 15) is 9.59 Å². The lowest BCUT2D eigenvalue weighted by atomic mass is 9.97. The maximum Gasteiger partial charge on any atom is 0.260 e. The molecular weight excluding hydrogens is 430 g/mol. The van der Waals surface area contributed by atoms with Gasteiger partial charge in [-0.15, -0.1) is 0 Å². The summed E-state index contributed by atoms with van der Waals surface area (Å²) in [5.74, 6) is 0.412. The monoisotopic (exact) mass is 465 g/mol. The van der Waals surface area contributed by atoms with E-state index in [2.05, 4.69) is 30.1 Å². The van der Waals surface area contributed by atoms with E-state index in [0.717, 1.165) is 63.4 Å². The molecule has 0 radical (unpaired) electrons. The van der Waals surface area contributed by atoms with Crippen LogP contribution in [0.1, 0.15) is 49.0 Å². The van der Waals surface area contributed by atoms with Gasteiger partial charge in [0.25, 0.3) is 11.8 Å². The van der Waals surface area contributed by atoms with Gasteiger partial charge >= 0.3 is 0 Å². The first kappa shape index (κ1) is 24.2. The standard InChI is InChI=1S/C27H35N3O4/c1-20-5-3-6-21(2)30(20)26(31)19-34-25-11-9-23(10-12-25)27(32)28-24-8-4-7-22(17-24)18-29-13-15-33-16-14-29/h4,7-12,17,20-21H,3,5-6,13-16,18-19H2,1-2H3,(H,28,32). The summed E-state index contributed by atoms with van der Waals surface area (Å²) in [5.41, 5.74) is 2.47. The third kappa shape index (κ3) is 6.36.